The molecule has 2 rings (SSSR count). The SMILES string of the molecule is C=C[C@]1(C(=O)OCC)CCN(c2cccc(C)c2)C1(C(=O)OC)C(=O)OC. The maximum atomic E-state index is 13.1. The molecule has 1 aromatic rings. The van der Waals surface area contributed by atoms with E-state index in [1.165, 1.54) is 20.3 Å². The first-order valence-corrected chi connectivity index (χ1v) is 8.67. The van der Waals surface area contributed by atoms with Crippen LogP contribution in [0, 0.1) is 12.3 Å². The zero-order chi connectivity index (χ0) is 20.2. The molecule has 7 nitrogen and oxygen atoms in total. The third-order valence-corrected chi connectivity index (χ3v) is 5.04. The van der Waals surface area contributed by atoms with Crippen LogP contribution in [0.4, 0.5) is 5.69 Å². The number of hydrogen-bond donors (Lipinski definition) is 0. The van der Waals surface area contributed by atoms with E-state index in [1.54, 1.807) is 17.9 Å². The normalized spacial score (nSPS) is 20.7. The van der Waals surface area contributed by atoms with Gasteiger partial charge in [0.05, 0.1) is 20.8 Å². The van der Waals surface area contributed by atoms with E-state index in [-0.39, 0.29) is 19.6 Å². The molecular weight excluding hydrogens is 350 g/mol. The molecule has 1 heterocycles. The van der Waals surface area contributed by atoms with Gasteiger partial charge >= 0.3 is 17.9 Å². The summed E-state index contributed by atoms with van der Waals surface area (Å²) in [5.74, 6) is -2.52. The Morgan fingerprint density at radius 2 is 1.81 bits per heavy atom. The summed E-state index contributed by atoms with van der Waals surface area (Å²) in [6.07, 6.45) is 1.45. The van der Waals surface area contributed by atoms with Gasteiger partial charge in [-0.25, -0.2) is 9.59 Å². The Hall–Kier alpha value is -2.83. The molecule has 146 valence electrons. The molecule has 27 heavy (non-hydrogen) atoms. The highest BCUT2D eigenvalue weighted by atomic mass is 16.6. The van der Waals surface area contributed by atoms with Crippen molar-refractivity contribution in [2.24, 2.45) is 5.41 Å². The van der Waals surface area contributed by atoms with Gasteiger partial charge in [0.25, 0.3) is 5.54 Å². The van der Waals surface area contributed by atoms with Gasteiger partial charge in [-0.3, -0.25) is 4.79 Å². The Bertz CT molecular complexity index is 743. The van der Waals surface area contributed by atoms with Crippen molar-refractivity contribution in [1.82, 2.24) is 0 Å². The van der Waals surface area contributed by atoms with Crippen LogP contribution in [0.15, 0.2) is 36.9 Å². The molecule has 0 aromatic heterocycles. The lowest BCUT2D eigenvalue weighted by atomic mass is 9.69. The number of benzene rings is 1. The Balaban J connectivity index is 2.82. The topological polar surface area (TPSA) is 82.1 Å². The smallest absolute Gasteiger partial charge is 0.345 e. The van der Waals surface area contributed by atoms with Crippen LogP contribution in [-0.2, 0) is 28.6 Å². The summed E-state index contributed by atoms with van der Waals surface area (Å²) in [7, 11) is 2.33. The third kappa shape index (κ3) is 2.87. The minimum absolute atomic E-state index is 0.0945. The Labute approximate surface area is 158 Å². The summed E-state index contributed by atoms with van der Waals surface area (Å²) in [6.45, 7) is 7.62. The Kier molecular flexibility index (Phi) is 5.93. The van der Waals surface area contributed by atoms with Crippen LogP contribution in [0.25, 0.3) is 0 Å². The van der Waals surface area contributed by atoms with E-state index in [4.69, 9.17) is 14.2 Å². The van der Waals surface area contributed by atoms with Gasteiger partial charge in [-0.15, -0.1) is 6.58 Å². The molecule has 1 atom stereocenters. The van der Waals surface area contributed by atoms with Crippen LogP contribution in [0.1, 0.15) is 18.9 Å². The molecule has 1 aromatic carbocycles. The van der Waals surface area contributed by atoms with E-state index in [1.807, 2.05) is 25.1 Å². The molecule has 0 N–H and O–H groups in total. The summed E-state index contributed by atoms with van der Waals surface area (Å²) in [5.41, 5.74) is -2.19. The quantitative estimate of drug-likeness (QED) is 0.326. The second kappa shape index (κ2) is 7.82. The number of carbonyl (C=O) groups is 3. The van der Waals surface area contributed by atoms with E-state index < -0.39 is 28.9 Å². The van der Waals surface area contributed by atoms with Gasteiger partial charge in [0.1, 0.15) is 5.41 Å². The molecule has 0 radical (unpaired) electrons. The molecule has 1 aliphatic heterocycles. The van der Waals surface area contributed by atoms with E-state index in [0.717, 1.165) is 5.56 Å². The number of carbonyl (C=O) groups excluding carboxylic acids is 3. The summed E-state index contributed by atoms with van der Waals surface area (Å²) >= 11 is 0. The van der Waals surface area contributed by atoms with Gasteiger partial charge in [0.2, 0.25) is 0 Å². The number of hydrogen-bond acceptors (Lipinski definition) is 7. The van der Waals surface area contributed by atoms with Gasteiger partial charge in [-0.2, -0.15) is 0 Å². The lowest BCUT2D eigenvalue weighted by Crippen LogP contribution is -2.67. The maximum Gasteiger partial charge on any atom is 0.345 e. The molecule has 0 saturated carbocycles. The van der Waals surface area contributed by atoms with Crippen molar-refractivity contribution in [1.29, 1.82) is 0 Å². The van der Waals surface area contributed by atoms with Crippen molar-refractivity contribution in [3.63, 3.8) is 0 Å². The molecule has 0 unspecified atom stereocenters. The monoisotopic (exact) mass is 375 g/mol. The molecule has 1 fully saturated rings. The number of aryl methyl sites for hydroxylation is 1. The average molecular weight is 375 g/mol. The van der Waals surface area contributed by atoms with Gasteiger partial charge in [-0.05, 0) is 38.0 Å². The van der Waals surface area contributed by atoms with Crippen molar-refractivity contribution in [2.75, 3.05) is 32.3 Å². The molecule has 1 saturated heterocycles. The highest BCUT2D eigenvalue weighted by Crippen LogP contribution is 2.51. The minimum atomic E-state index is -2.07. The minimum Gasteiger partial charge on any atom is -0.467 e. The summed E-state index contributed by atoms with van der Waals surface area (Å²) in [4.78, 5) is 40.7. The van der Waals surface area contributed by atoms with E-state index in [2.05, 4.69) is 6.58 Å². The Morgan fingerprint density at radius 1 is 1.19 bits per heavy atom. The van der Waals surface area contributed by atoms with Crippen molar-refractivity contribution in [2.45, 2.75) is 25.8 Å². The number of esters is 3. The summed E-state index contributed by atoms with van der Waals surface area (Å²) < 4.78 is 15.2. The fourth-order valence-corrected chi connectivity index (χ4v) is 3.80. The van der Waals surface area contributed by atoms with E-state index >= 15 is 0 Å². The highest BCUT2D eigenvalue weighted by Gasteiger charge is 2.73. The predicted molar refractivity (Wildman–Crippen MR) is 99.2 cm³/mol. The van der Waals surface area contributed by atoms with Gasteiger partial charge < -0.3 is 19.1 Å². The lowest BCUT2D eigenvalue weighted by Gasteiger charge is -2.42. The standard InChI is InChI=1S/C20H25NO6/c1-6-19(16(22)27-7-2)11-12-21(15-10-8-9-14(3)13-15)20(19,17(23)25-4)18(24)26-5/h6,8-10,13H,1,7,11-12H2,2-5H3/t19-/m1/s1. The van der Waals surface area contributed by atoms with Crippen LogP contribution in [0.5, 0.6) is 0 Å². The van der Waals surface area contributed by atoms with Crippen molar-refractivity contribution in [3.8, 4) is 0 Å². The maximum absolute atomic E-state index is 13.1. The zero-order valence-electron chi connectivity index (χ0n) is 16.1. The highest BCUT2D eigenvalue weighted by molar-refractivity contribution is 6.15. The fraction of sp³-hybridized carbons (Fsp3) is 0.450. The summed E-state index contributed by atoms with van der Waals surface area (Å²) in [6, 6.07) is 7.29. The lowest BCUT2D eigenvalue weighted by molar-refractivity contribution is -0.175. The van der Waals surface area contributed by atoms with Gasteiger partial charge in [0, 0.05) is 12.2 Å². The van der Waals surface area contributed by atoms with Crippen LogP contribution in [-0.4, -0.2) is 50.8 Å². The van der Waals surface area contributed by atoms with E-state index in [9.17, 15) is 14.4 Å². The van der Waals surface area contributed by atoms with Crippen LogP contribution < -0.4 is 4.90 Å². The van der Waals surface area contributed by atoms with Gasteiger partial charge in [-0.1, -0.05) is 18.2 Å². The number of nitrogens with zero attached hydrogens (tertiary/aromatic N) is 1. The number of anilines is 1. The van der Waals surface area contributed by atoms with E-state index in [0.29, 0.717) is 5.69 Å². The molecule has 7 heteroatoms. The zero-order valence-corrected chi connectivity index (χ0v) is 16.1. The summed E-state index contributed by atoms with van der Waals surface area (Å²) in [5, 5.41) is 0. The molecule has 0 spiro atoms. The van der Waals surface area contributed by atoms with Crippen molar-refractivity contribution >= 4 is 23.6 Å². The average Bonchev–Trinajstić information content (AvgIpc) is 3.03. The van der Waals surface area contributed by atoms with Crippen LogP contribution in [0.2, 0.25) is 0 Å². The van der Waals surface area contributed by atoms with Crippen LogP contribution in [0.3, 0.4) is 0 Å². The molecular formula is C20H25NO6. The Morgan fingerprint density at radius 3 is 2.30 bits per heavy atom. The third-order valence-electron chi connectivity index (χ3n) is 5.04. The first-order chi connectivity index (χ1) is 12.8. The molecule has 0 amide bonds. The first-order valence-electron chi connectivity index (χ1n) is 8.67. The number of methoxy groups -OCH3 is 2. The number of ether oxygens (including phenoxy) is 3. The first kappa shape index (κ1) is 20.5. The fourth-order valence-electron chi connectivity index (χ4n) is 3.80. The largest absolute Gasteiger partial charge is 0.467 e. The number of rotatable bonds is 6. The van der Waals surface area contributed by atoms with Crippen molar-refractivity contribution < 1.29 is 28.6 Å². The van der Waals surface area contributed by atoms with Gasteiger partial charge in [0.15, 0.2) is 0 Å². The predicted octanol–water partition coefficient (Wildman–Crippen LogP) is 2.03. The van der Waals surface area contributed by atoms with Crippen molar-refractivity contribution in [3.05, 3.63) is 42.5 Å². The second-order valence-corrected chi connectivity index (χ2v) is 6.33. The molecule has 1 aliphatic rings. The molecule has 0 bridgehead atoms. The molecule has 0 aliphatic carbocycles. The van der Waals surface area contributed by atoms with Crippen LogP contribution >= 0.6 is 0 Å². The second-order valence-electron chi connectivity index (χ2n) is 6.33.